The second kappa shape index (κ2) is 9.73. The standard InChI is InChI=1S/C14H29NO3/c1-17-11-12-18-10-6-9-15-13-14(16)7-4-2-3-5-8-14/h15-16H,2-13H2,1H3. The highest BCUT2D eigenvalue weighted by Crippen LogP contribution is 2.26. The zero-order valence-electron chi connectivity index (χ0n) is 11.7. The highest BCUT2D eigenvalue weighted by Gasteiger charge is 2.26. The van der Waals surface area contributed by atoms with Crippen molar-refractivity contribution >= 4 is 0 Å². The van der Waals surface area contributed by atoms with Gasteiger partial charge in [-0.3, -0.25) is 0 Å². The van der Waals surface area contributed by atoms with Gasteiger partial charge in [-0.05, 0) is 25.8 Å². The van der Waals surface area contributed by atoms with Crippen LogP contribution in [0.1, 0.15) is 44.9 Å². The van der Waals surface area contributed by atoms with Gasteiger partial charge >= 0.3 is 0 Å². The fourth-order valence-electron chi connectivity index (χ4n) is 2.43. The molecule has 2 N–H and O–H groups in total. The summed E-state index contributed by atoms with van der Waals surface area (Å²) in [6, 6.07) is 0. The molecular formula is C14H29NO3. The summed E-state index contributed by atoms with van der Waals surface area (Å²) in [4.78, 5) is 0. The lowest BCUT2D eigenvalue weighted by molar-refractivity contribution is 0.0243. The molecule has 0 atom stereocenters. The lowest BCUT2D eigenvalue weighted by Crippen LogP contribution is -2.40. The van der Waals surface area contributed by atoms with E-state index in [1.807, 2.05) is 0 Å². The lowest BCUT2D eigenvalue weighted by atomic mass is 9.94. The Labute approximate surface area is 111 Å². The Kier molecular flexibility index (Phi) is 8.59. The molecule has 0 amide bonds. The van der Waals surface area contributed by atoms with E-state index in [1.54, 1.807) is 7.11 Å². The van der Waals surface area contributed by atoms with Crippen LogP contribution in [0.15, 0.2) is 0 Å². The minimum absolute atomic E-state index is 0.465. The van der Waals surface area contributed by atoms with Crippen molar-refractivity contribution in [1.82, 2.24) is 5.32 Å². The quantitative estimate of drug-likeness (QED) is 0.489. The van der Waals surface area contributed by atoms with E-state index in [-0.39, 0.29) is 0 Å². The van der Waals surface area contributed by atoms with Gasteiger partial charge < -0.3 is 19.9 Å². The smallest absolute Gasteiger partial charge is 0.0771 e. The molecule has 1 saturated carbocycles. The maximum Gasteiger partial charge on any atom is 0.0771 e. The first kappa shape index (κ1) is 15.9. The average molecular weight is 259 g/mol. The third-order valence-corrected chi connectivity index (χ3v) is 3.56. The molecule has 0 unspecified atom stereocenters. The first-order valence-corrected chi connectivity index (χ1v) is 7.27. The van der Waals surface area contributed by atoms with Gasteiger partial charge in [0.15, 0.2) is 0 Å². The van der Waals surface area contributed by atoms with E-state index in [9.17, 15) is 5.11 Å². The summed E-state index contributed by atoms with van der Waals surface area (Å²) in [7, 11) is 1.68. The van der Waals surface area contributed by atoms with Gasteiger partial charge in [-0.25, -0.2) is 0 Å². The van der Waals surface area contributed by atoms with Crippen LogP contribution in [0.3, 0.4) is 0 Å². The van der Waals surface area contributed by atoms with Crippen molar-refractivity contribution in [1.29, 1.82) is 0 Å². The number of hydrogen-bond acceptors (Lipinski definition) is 4. The van der Waals surface area contributed by atoms with Crippen LogP contribution in [0.5, 0.6) is 0 Å². The largest absolute Gasteiger partial charge is 0.389 e. The second-order valence-electron chi connectivity index (χ2n) is 5.27. The average Bonchev–Trinajstić information content (AvgIpc) is 2.58. The minimum Gasteiger partial charge on any atom is -0.389 e. The zero-order valence-corrected chi connectivity index (χ0v) is 11.7. The summed E-state index contributed by atoms with van der Waals surface area (Å²) in [6.45, 7) is 3.72. The summed E-state index contributed by atoms with van der Waals surface area (Å²) >= 11 is 0. The lowest BCUT2D eigenvalue weighted by Gasteiger charge is -2.26. The van der Waals surface area contributed by atoms with Crippen LogP contribution in [-0.2, 0) is 9.47 Å². The molecule has 1 fully saturated rings. The summed E-state index contributed by atoms with van der Waals surface area (Å²) < 4.78 is 10.3. The maximum absolute atomic E-state index is 10.4. The van der Waals surface area contributed by atoms with Crippen LogP contribution in [0, 0.1) is 0 Å². The number of rotatable bonds is 9. The van der Waals surface area contributed by atoms with Gasteiger partial charge in [-0.2, -0.15) is 0 Å². The predicted molar refractivity (Wildman–Crippen MR) is 72.8 cm³/mol. The summed E-state index contributed by atoms with van der Waals surface area (Å²) in [5, 5.41) is 13.8. The van der Waals surface area contributed by atoms with Crippen molar-refractivity contribution in [3.05, 3.63) is 0 Å². The zero-order chi connectivity index (χ0) is 13.1. The highest BCUT2D eigenvalue weighted by molar-refractivity contribution is 4.83. The molecule has 108 valence electrons. The van der Waals surface area contributed by atoms with Crippen LogP contribution in [0.25, 0.3) is 0 Å². The number of hydrogen-bond donors (Lipinski definition) is 2. The fraction of sp³-hybridized carbons (Fsp3) is 1.00. The van der Waals surface area contributed by atoms with Crippen molar-refractivity contribution in [2.24, 2.45) is 0 Å². The van der Waals surface area contributed by atoms with Crippen molar-refractivity contribution in [3.63, 3.8) is 0 Å². The Morgan fingerprint density at radius 2 is 1.78 bits per heavy atom. The third kappa shape index (κ3) is 7.31. The van der Waals surface area contributed by atoms with E-state index in [0.29, 0.717) is 13.2 Å². The van der Waals surface area contributed by atoms with E-state index in [4.69, 9.17) is 9.47 Å². The fourth-order valence-corrected chi connectivity index (χ4v) is 2.43. The highest BCUT2D eigenvalue weighted by atomic mass is 16.5. The molecule has 0 heterocycles. The Bertz CT molecular complexity index is 191. The first-order chi connectivity index (χ1) is 8.77. The number of ether oxygens (including phenoxy) is 2. The monoisotopic (exact) mass is 259 g/mol. The van der Waals surface area contributed by atoms with Crippen molar-refractivity contribution in [3.8, 4) is 0 Å². The second-order valence-corrected chi connectivity index (χ2v) is 5.27. The first-order valence-electron chi connectivity index (χ1n) is 7.27. The van der Waals surface area contributed by atoms with Gasteiger partial charge in [0, 0.05) is 20.3 Å². The molecule has 4 heteroatoms. The summed E-state index contributed by atoms with van der Waals surface area (Å²) in [6.07, 6.45) is 7.76. The predicted octanol–water partition coefficient (Wildman–Crippen LogP) is 1.71. The molecule has 0 radical (unpaired) electrons. The van der Waals surface area contributed by atoms with Gasteiger partial charge in [-0.1, -0.05) is 25.7 Å². The molecule has 1 aliphatic rings. The van der Waals surface area contributed by atoms with Crippen molar-refractivity contribution in [2.75, 3.05) is 40.0 Å². The van der Waals surface area contributed by atoms with Crippen LogP contribution in [-0.4, -0.2) is 50.7 Å². The Balaban J connectivity index is 1.95. The van der Waals surface area contributed by atoms with Crippen LogP contribution < -0.4 is 5.32 Å². The molecule has 0 aromatic carbocycles. The Hall–Kier alpha value is -0.160. The van der Waals surface area contributed by atoms with Gasteiger partial charge in [0.1, 0.15) is 0 Å². The molecular weight excluding hydrogens is 230 g/mol. The normalized spacial score (nSPS) is 19.7. The molecule has 1 rings (SSSR count). The number of nitrogens with one attached hydrogen (secondary N) is 1. The van der Waals surface area contributed by atoms with E-state index >= 15 is 0 Å². The SMILES string of the molecule is COCCOCCCNCC1(O)CCCCCC1. The van der Waals surface area contributed by atoms with E-state index < -0.39 is 5.60 Å². The van der Waals surface area contributed by atoms with Crippen LogP contribution >= 0.6 is 0 Å². The topological polar surface area (TPSA) is 50.7 Å². The van der Waals surface area contributed by atoms with E-state index in [0.717, 1.165) is 51.8 Å². The number of aliphatic hydroxyl groups is 1. The molecule has 1 aliphatic carbocycles. The van der Waals surface area contributed by atoms with Crippen LogP contribution in [0.2, 0.25) is 0 Å². The number of methoxy groups -OCH3 is 1. The molecule has 0 aliphatic heterocycles. The molecule has 0 saturated heterocycles. The van der Waals surface area contributed by atoms with E-state index in [2.05, 4.69) is 5.32 Å². The Morgan fingerprint density at radius 1 is 1.06 bits per heavy atom. The molecule has 0 aromatic rings. The van der Waals surface area contributed by atoms with Crippen LogP contribution in [0.4, 0.5) is 0 Å². The minimum atomic E-state index is -0.465. The van der Waals surface area contributed by atoms with Gasteiger partial charge in [0.05, 0.1) is 18.8 Å². The Morgan fingerprint density at radius 3 is 2.44 bits per heavy atom. The third-order valence-electron chi connectivity index (χ3n) is 3.56. The molecule has 18 heavy (non-hydrogen) atoms. The molecule has 0 bridgehead atoms. The van der Waals surface area contributed by atoms with Crippen molar-refractivity contribution < 1.29 is 14.6 Å². The van der Waals surface area contributed by atoms with Gasteiger partial charge in [-0.15, -0.1) is 0 Å². The van der Waals surface area contributed by atoms with Gasteiger partial charge in [0.2, 0.25) is 0 Å². The van der Waals surface area contributed by atoms with E-state index in [1.165, 1.54) is 12.8 Å². The molecule has 0 spiro atoms. The summed E-state index contributed by atoms with van der Waals surface area (Å²) in [5.41, 5.74) is -0.465. The molecule has 0 aromatic heterocycles. The van der Waals surface area contributed by atoms with Gasteiger partial charge in [0.25, 0.3) is 0 Å². The van der Waals surface area contributed by atoms with Crippen molar-refractivity contribution in [2.45, 2.75) is 50.5 Å². The summed E-state index contributed by atoms with van der Waals surface area (Å²) in [5.74, 6) is 0. The molecule has 4 nitrogen and oxygen atoms in total. The maximum atomic E-state index is 10.4.